The zero-order chi connectivity index (χ0) is 20.4. The molecule has 1 unspecified atom stereocenters. The van der Waals surface area contributed by atoms with E-state index in [1.807, 2.05) is 12.1 Å². The molecule has 1 aliphatic rings. The van der Waals surface area contributed by atoms with Crippen LogP contribution in [0.3, 0.4) is 0 Å². The molecule has 1 aromatic heterocycles. The van der Waals surface area contributed by atoms with Gasteiger partial charge in [-0.1, -0.05) is 23.8 Å². The van der Waals surface area contributed by atoms with Crippen molar-refractivity contribution in [2.45, 2.75) is 39.4 Å². The highest BCUT2D eigenvalue weighted by molar-refractivity contribution is 5.42. The first-order valence-electron chi connectivity index (χ1n) is 10.3. The highest BCUT2D eigenvalue weighted by Gasteiger charge is 2.29. The number of aromatic nitrogens is 1. The lowest BCUT2D eigenvalue weighted by molar-refractivity contribution is 0.216. The average molecular weight is 391 g/mol. The van der Waals surface area contributed by atoms with Gasteiger partial charge >= 0.3 is 0 Å². The predicted molar refractivity (Wildman–Crippen MR) is 117 cm³/mol. The average Bonchev–Trinajstić information content (AvgIpc) is 3.11. The first-order valence-corrected chi connectivity index (χ1v) is 10.3. The summed E-state index contributed by atoms with van der Waals surface area (Å²) < 4.78 is 13.6. The van der Waals surface area contributed by atoms with E-state index >= 15 is 0 Å². The van der Waals surface area contributed by atoms with Gasteiger partial charge in [0.25, 0.3) is 0 Å². The smallest absolute Gasteiger partial charge is 0.123 e. The predicted octanol–water partition coefficient (Wildman–Crippen LogP) is 5.12. The Morgan fingerprint density at radius 3 is 2.59 bits per heavy atom. The molecule has 4 nitrogen and oxygen atoms in total. The number of ether oxygens (including phenoxy) is 2. The van der Waals surface area contributed by atoms with Gasteiger partial charge in [-0.2, -0.15) is 0 Å². The van der Waals surface area contributed by atoms with Crippen molar-refractivity contribution >= 4 is 0 Å². The zero-order valence-corrected chi connectivity index (χ0v) is 17.8. The molecule has 0 radical (unpaired) electrons. The minimum Gasteiger partial charge on any atom is -0.497 e. The van der Waals surface area contributed by atoms with E-state index in [4.69, 9.17) is 9.47 Å². The SMILES string of the molecule is COc1ccc(OC)c(CN2CCCn3cccc3C2c2ccc(C)cc2C)c1. The lowest BCUT2D eigenvalue weighted by Gasteiger charge is -2.32. The van der Waals surface area contributed by atoms with Gasteiger partial charge < -0.3 is 14.0 Å². The summed E-state index contributed by atoms with van der Waals surface area (Å²) in [5.74, 6) is 1.77. The number of nitrogens with zero attached hydrogens (tertiary/aromatic N) is 2. The Kier molecular flexibility index (Phi) is 5.63. The molecule has 0 aliphatic carbocycles. The molecule has 4 heteroatoms. The van der Waals surface area contributed by atoms with Crippen molar-refractivity contribution in [2.75, 3.05) is 20.8 Å². The topological polar surface area (TPSA) is 26.6 Å². The summed E-state index contributed by atoms with van der Waals surface area (Å²) in [5, 5.41) is 0. The summed E-state index contributed by atoms with van der Waals surface area (Å²) in [4.78, 5) is 2.58. The molecule has 0 fully saturated rings. The van der Waals surface area contributed by atoms with Crippen molar-refractivity contribution in [3.05, 3.63) is 82.7 Å². The molecule has 2 heterocycles. The molecule has 0 saturated heterocycles. The maximum Gasteiger partial charge on any atom is 0.123 e. The Morgan fingerprint density at radius 1 is 0.966 bits per heavy atom. The van der Waals surface area contributed by atoms with Crippen LogP contribution in [0.5, 0.6) is 11.5 Å². The molecule has 0 spiro atoms. The first kappa shape index (κ1) is 19.6. The van der Waals surface area contributed by atoms with Crippen LogP contribution in [0.2, 0.25) is 0 Å². The standard InChI is InChI=1S/C25H30N2O2/c1-18-8-10-22(19(2)15-18)25-23-7-5-12-26(23)13-6-14-27(25)17-20-16-21(28-3)9-11-24(20)29-4/h5,7-12,15-16,25H,6,13-14,17H2,1-4H3. The van der Waals surface area contributed by atoms with Crippen LogP contribution in [-0.4, -0.2) is 30.2 Å². The number of benzene rings is 2. The van der Waals surface area contributed by atoms with Crippen molar-refractivity contribution in [3.63, 3.8) is 0 Å². The van der Waals surface area contributed by atoms with Crippen LogP contribution in [0, 0.1) is 13.8 Å². The highest BCUT2D eigenvalue weighted by atomic mass is 16.5. The molecule has 2 aromatic carbocycles. The van der Waals surface area contributed by atoms with Crippen molar-refractivity contribution in [2.24, 2.45) is 0 Å². The van der Waals surface area contributed by atoms with E-state index in [-0.39, 0.29) is 6.04 Å². The maximum absolute atomic E-state index is 5.67. The van der Waals surface area contributed by atoms with Gasteiger partial charge in [-0.05, 0) is 61.7 Å². The van der Waals surface area contributed by atoms with Gasteiger partial charge in [0.15, 0.2) is 0 Å². The summed E-state index contributed by atoms with van der Waals surface area (Å²) in [7, 11) is 3.45. The minimum atomic E-state index is 0.212. The summed E-state index contributed by atoms with van der Waals surface area (Å²) in [6.07, 6.45) is 3.33. The third kappa shape index (κ3) is 3.90. The molecule has 4 rings (SSSR count). The largest absolute Gasteiger partial charge is 0.497 e. The fourth-order valence-corrected chi connectivity index (χ4v) is 4.52. The van der Waals surface area contributed by atoms with Gasteiger partial charge in [0.2, 0.25) is 0 Å². The van der Waals surface area contributed by atoms with E-state index in [9.17, 15) is 0 Å². The number of aryl methyl sites for hydroxylation is 3. The molecular weight excluding hydrogens is 360 g/mol. The maximum atomic E-state index is 5.67. The second-order valence-electron chi connectivity index (χ2n) is 7.89. The van der Waals surface area contributed by atoms with Gasteiger partial charge in [-0.25, -0.2) is 0 Å². The fourth-order valence-electron chi connectivity index (χ4n) is 4.52. The second kappa shape index (κ2) is 8.34. The van der Waals surface area contributed by atoms with Crippen LogP contribution in [0.25, 0.3) is 0 Å². The molecular formula is C25H30N2O2. The van der Waals surface area contributed by atoms with Crippen molar-refractivity contribution in [1.29, 1.82) is 0 Å². The van der Waals surface area contributed by atoms with Gasteiger partial charge in [0.05, 0.1) is 20.3 Å². The van der Waals surface area contributed by atoms with Crippen LogP contribution >= 0.6 is 0 Å². The van der Waals surface area contributed by atoms with Crippen LogP contribution in [0.15, 0.2) is 54.7 Å². The summed E-state index contributed by atoms with van der Waals surface area (Å²) in [6.45, 7) is 7.27. The van der Waals surface area contributed by atoms with Gasteiger partial charge in [0.1, 0.15) is 11.5 Å². The molecule has 152 valence electrons. The van der Waals surface area contributed by atoms with E-state index in [1.54, 1.807) is 14.2 Å². The molecule has 3 aromatic rings. The summed E-state index contributed by atoms with van der Waals surface area (Å²) >= 11 is 0. The van der Waals surface area contributed by atoms with Gasteiger partial charge in [0, 0.05) is 37.1 Å². The van der Waals surface area contributed by atoms with E-state index in [0.717, 1.165) is 43.1 Å². The van der Waals surface area contributed by atoms with Crippen molar-refractivity contribution < 1.29 is 9.47 Å². The summed E-state index contributed by atoms with van der Waals surface area (Å²) in [6, 6.07) is 17.5. The van der Waals surface area contributed by atoms with E-state index < -0.39 is 0 Å². The monoisotopic (exact) mass is 390 g/mol. The Balaban J connectivity index is 1.78. The van der Waals surface area contributed by atoms with Gasteiger partial charge in [-0.15, -0.1) is 0 Å². The zero-order valence-electron chi connectivity index (χ0n) is 17.8. The Morgan fingerprint density at radius 2 is 1.83 bits per heavy atom. The number of fused-ring (bicyclic) bond motifs is 1. The second-order valence-corrected chi connectivity index (χ2v) is 7.89. The molecule has 0 N–H and O–H groups in total. The van der Waals surface area contributed by atoms with E-state index in [2.05, 4.69) is 65.9 Å². The lowest BCUT2D eigenvalue weighted by atomic mass is 9.95. The van der Waals surface area contributed by atoms with E-state index in [1.165, 1.54) is 22.4 Å². The molecule has 0 bridgehead atoms. The molecule has 1 aliphatic heterocycles. The third-order valence-corrected chi connectivity index (χ3v) is 5.94. The number of hydrogen-bond acceptors (Lipinski definition) is 3. The normalized spacial score (nSPS) is 16.9. The van der Waals surface area contributed by atoms with Crippen molar-refractivity contribution in [1.82, 2.24) is 9.47 Å². The van der Waals surface area contributed by atoms with Crippen LogP contribution in [-0.2, 0) is 13.1 Å². The van der Waals surface area contributed by atoms with Crippen LogP contribution < -0.4 is 9.47 Å². The molecule has 0 amide bonds. The Labute approximate surface area is 173 Å². The highest BCUT2D eigenvalue weighted by Crippen LogP contribution is 2.36. The van der Waals surface area contributed by atoms with Crippen LogP contribution in [0.1, 0.15) is 40.4 Å². The Hall–Kier alpha value is -2.72. The quantitative estimate of drug-likeness (QED) is 0.605. The van der Waals surface area contributed by atoms with Crippen LogP contribution in [0.4, 0.5) is 0 Å². The number of rotatable bonds is 5. The third-order valence-electron chi connectivity index (χ3n) is 5.94. The first-order chi connectivity index (χ1) is 14.1. The summed E-state index contributed by atoms with van der Waals surface area (Å²) in [5.41, 5.74) is 6.53. The van der Waals surface area contributed by atoms with Gasteiger partial charge in [-0.3, -0.25) is 4.90 Å². The number of hydrogen-bond donors (Lipinski definition) is 0. The lowest BCUT2D eigenvalue weighted by Crippen LogP contribution is -2.30. The number of methoxy groups -OCH3 is 2. The van der Waals surface area contributed by atoms with Crippen molar-refractivity contribution in [3.8, 4) is 11.5 Å². The molecule has 29 heavy (non-hydrogen) atoms. The fraction of sp³-hybridized carbons (Fsp3) is 0.360. The molecule has 1 atom stereocenters. The molecule has 0 saturated carbocycles. The Bertz CT molecular complexity index is 992. The van der Waals surface area contributed by atoms with E-state index in [0.29, 0.717) is 0 Å². The minimum absolute atomic E-state index is 0.212.